The third-order valence-electron chi connectivity index (χ3n) is 5.95. The van der Waals surface area contributed by atoms with Gasteiger partial charge in [-0.25, -0.2) is 0 Å². The molecule has 176 valence electrons. The van der Waals surface area contributed by atoms with E-state index in [-0.39, 0.29) is 0 Å². The fourth-order valence-electron chi connectivity index (χ4n) is 3.21. The number of hydrogen-bond donors (Lipinski definition) is 1. The molecule has 0 fully saturated rings. The van der Waals surface area contributed by atoms with Crippen molar-refractivity contribution in [3.63, 3.8) is 0 Å². The van der Waals surface area contributed by atoms with Gasteiger partial charge in [0.15, 0.2) is 0 Å². The average molecular weight is 437 g/mol. The van der Waals surface area contributed by atoms with Gasteiger partial charge in [0.1, 0.15) is 12.4 Å². The van der Waals surface area contributed by atoms with Crippen molar-refractivity contribution in [1.82, 2.24) is 0 Å². The second kappa shape index (κ2) is 16.1. The van der Waals surface area contributed by atoms with Crippen LogP contribution in [0, 0.1) is 12.3 Å². The minimum atomic E-state index is 0.464. The van der Waals surface area contributed by atoms with Gasteiger partial charge in [-0.3, -0.25) is 0 Å². The number of ether oxygens (including phenoxy) is 1. The average Bonchev–Trinajstić information content (AvgIpc) is 2.92. The van der Waals surface area contributed by atoms with Gasteiger partial charge in [-0.2, -0.15) is 5.10 Å². The number of nitrogens with two attached hydrogens (primary N) is 1. The molecule has 0 spiro atoms. The number of allylic oxidation sites excluding steroid dienone is 7. The van der Waals surface area contributed by atoms with Crippen molar-refractivity contribution in [2.45, 2.75) is 79.6 Å². The minimum absolute atomic E-state index is 0.464. The topological polar surface area (TPSA) is 47.6 Å². The van der Waals surface area contributed by atoms with E-state index in [1.807, 2.05) is 43.3 Å². The summed E-state index contributed by atoms with van der Waals surface area (Å²) >= 11 is 0. The van der Waals surface area contributed by atoms with Crippen LogP contribution in [-0.2, 0) is 0 Å². The smallest absolute Gasteiger partial charge is 0.119 e. The standard InChI is InChI=1S/C17H24N2O.C12H20/c1-4-5-6-7-8-16(15(3)19-18)13-20-17-11-9-14(2)10-12-17;1-3-12(2)10-8-6-4-5-7-9-11-12/h6-12H,4-5,13,18H2,1-3H3;4,6-7,9H,3,5,8,10-11H2,1-2H3/b7-6-,16-8-,19-15+;6-4+,9-7+. The van der Waals surface area contributed by atoms with Crippen LogP contribution in [0.2, 0.25) is 0 Å². The molecule has 0 amide bonds. The van der Waals surface area contributed by atoms with Gasteiger partial charge in [0.25, 0.3) is 0 Å². The van der Waals surface area contributed by atoms with Gasteiger partial charge in [-0.15, -0.1) is 0 Å². The van der Waals surface area contributed by atoms with Crippen molar-refractivity contribution in [3.8, 4) is 5.75 Å². The Hall–Kier alpha value is -2.55. The summed E-state index contributed by atoms with van der Waals surface area (Å²) in [6.07, 6.45) is 23.9. The molecule has 3 nitrogen and oxygen atoms in total. The van der Waals surface area contributed by atoms with E-state index in [0.717, 1.165) is 36.3 Å². The fraction of sp³-hybridized carbons (Fsp3) is 0.483. The number of hydrazone groups is 1. The monoisotopic (exact) mass is 436 g/mol. The van der Waals surface area contributed by atoms with Crippen molar-refractivity contribution in [1.29, 1.82) is 0 Å². The van der Waals surface area contributed by atoms with E-state index in [4.69, 9.17) is 10.6 Å². The van der Waals surface area contributed by atoms with Gasteiger partial charge in [-0.05, 0) is 63.5 Å². The van der Waals surface area contributed by atoms with Crippen LogP contribution < -0.4 is 10.6 Å². The molecule has 32 heavy (non-hydrogen) atoms. The molecule has 0 bridgehead atoms. The molecule has 0 saturated carbocycles. The van der Waals surface area contributed by atoms with Gasteiger partial charge >= 0.3 is 0 Å². The lowest BCUT2D eigenvalue weighted by atomic mass is 9.80. The highest BCUT2D eigenvalue weighted by molar-refractivity contribution is 5.98. The SMILES string of the molecule is CCC1(C)C/C=C/C/C=C/CC1.CCC\C=C/C=C(COc1ccc(C)cc1)\C(C)=N\N. The van der Waals surface area contributed by atoms with Gasteiger partial charge < -0.3 is 10.6 Å². The van der Waals surface area contributed by atoms with Crippen molar-refractivity contribution >= 4 is 5.71 Å². The van der Waals surface area contributed by atoms with Crippen LogP contribution in [0.1, 0.15) is 78.2 Å². The second-order valence-electron chi connectivity index (χ2n) is 8.81. The molecule has 1 aromatic rings. The maximum Gasteiger partial charge on any atom is 0.119 e. The first-order chi connectivity index (χ1) is 15.4. The third-order valence-corrected chi connectivity index (χ3v) is 5.95. The highest BCUT2D eigenvalue weighted by Crippen LogP contribution is 2.32. The number of nitrogens with zero attached hydrogens (tertiary/aromatic N) is 1. The number of benzene rings is 1. The predicted molar refractivity (Wildman–Crippen MR) is 141 cm³/mol. The summed E-state index contributed by atoms with van der Waals surface area (Å²) in [6, 6.07) is 8.00. The first-order valence-corrected chi connectivity index (χ1v) is 12.0. The van der Waals surface area contributed by atoms with Crippen molar-refractivity contribution in [2.24, 2.45) is 16.4 Å². The summed E-state index contributed by atoms with van der Waals surface area (Å²) in [7, 11) is 0. The van der Waals surface area contributed by atoms with Gasteiger partial charge in [0.05, 0.1) is 5.71 Å². The van der Waals surface area contributed by atoms with E-state index >= 15 is 0 Å². The lowest BCUT2D eigenvalue weighted by Crippen LogP contribution is -2.13. The maximum atomic E-state index is 5.76. The summed E-state index contributed by atoms with van der Waals surface area (Å²) in [6.45, 7) is 11.3. The van der Waals surface area contributed by atoms with Crippen LogP contribution in [0.15, 0.2) is 77.5 Å². The van der Waals surface area contributed by atoms with Gasteiger partial charge in [-0.1, -0.05) is 93.8 Å². The number of unbranched alkanes of at least 4 members (excludes halogenated alkanes) is 1. The fourth-order valence-corrected chi connectivity index (χ4v) is 3.21. The molecule has 2 rings (SSSR count). The quantitative estimate of drug-likeness (QED) is 0.147. The van der Waals surface area contributed by atoms with E-state index in [1.54, 1.807) is 0 Å². The molecule has 1 aliphatic rings. The van der Waals surface area contributed by atoms with Crippen LogP contribution in [0.3, 0.4) is 0 Å². The molecular formula is C29H44N2O. The van der Waals surface area contributed by atoms with E-state index in [2.05, 4.69) is 63.2 Å². The molecule has 0 saturated heterocycles. The summed E-state index contributed by atoms with van der Waals surface area (Å²) in [4.78, 5) is 0. The van der Waals surface area contributed by atoms with Crippen molar-refractivity contribution < 1.29 is 4.74 Å². The molecule has 0 aromatic heterocycles. The largest absolute Gasteiger partial charge is 0.489 e. The molecule has 0 radical (unpaired) electrons. The summed E-state index contributed by atoms with van der Waals surface area (Å²) < 4.78 is 5.76. The molecule has 0 aliphatic heterocycles. The second-order valence-corrected chi connectivity index (χ2v) is 8.81. The van der Waals surface area contributed by atoms with Crippen LogP contribution >= 0.6 is 0 Å². The zero-order valence-corrected chi connectivity index (χ0v) is 20.9. The molecule has 1 aromatic carbocycles. The molecule has 2 N–H and O–H groups in total. The lowest BCUT2D eigenvalue weighted by Gasteiger charge is -2.26. The Labute approximate surface area is 196 Å². The molecular weight excluding hydrogens is 392 g/mol. The Morgan fingerprint density at radius 3 is 2.50 bits per heavy atom. The Bertz CT molecular complexity index is 784. The molecule has 1 unspecified atom stereocenters. The highest BCUT2D eigenvalue weighted by atomic mass is 16.5. The Balaban J connectivity index is 0.000000363. The van der Waals surface area contributed by atoms with Crippen LogP contribution in [0.5, 0.6) is 5.75 Å². The first kappa shape index (κ1) is 27.5. The van der Waals surface area contributed by atoms with Gasteiger partial charge in [0, 0.05) is 5.57 Å². The maximum absolute atomic E-state index is 5.76. The Morgan fingerprint density at radius 1 is 1.12 bits per heavy atom. The number of aryl methyl sites for hydroxylation is 1. The number of rotatable bonds is 8. The van der Waals surface area contributed by atoms with E-state index in [1.165, 1.54) is 31.2 Å². The molecule has 3 heteroatoms. The molecule has 1 aliphatic carbocycles. The first-order valence-electron chi connectivity index (χ1n) is 12.0. The van der Waals surface area contributed by atoms with Crippen LogP contribution in [-0.4, -0.2) is 12.3 Å². The summed E-state index contributed by atoms with van der Waals surface area (Å²) in [5, 5.41) is 3.75. The van der Waals surface area contributed by atoms with E-state index < -0.39 is 0 Å². The Kier molecular flexibility index (Phi) is 13.9. The third kappa shape index (κ3) is 11.7. The van der Waals surface area contributed by atoms with Crippen molar-refractivity contribution in [2.75, 3.05) is 6.61 Å². The van der Waals surface area contributed by atoms with Gasteiger partial charge in [0.2, 0.25) is 0 Å². The van der Waals surface area contributed by atoms with E-state index in [0.29, 0.717) is 12.0 Å². The predicted octanol–water partition coefficient (Wildman–Crippen LogP) is 8.08. The minimum Gasteiger partial charge on any atom is -0.489 e. The normalized spacial score (nSPS) is 21.7. The molecule has 1 atom stereocenters. The zero-order valence-electron chi connectivity index (χ0n) is 20.9. The Morgan fingerprint density at radius 2 is 1.84 bits per heavy atom. The number of hydrogen-bond acceptors (Lipinski definition) is 3. The van der Waals surface area contributed by atoms with Crippen molar-refractivity contribution in [3.05, 3.63) is 77.9 Å². The highest BCUT2D eigenvalue weighted by Gasteiger charge is 2.19. The summed E-state index contributed by atoms with van der Waals surface area (Å²) in [5.74, 6) is 6.21. The molecule has 0 heterocycles. The summed E-state index contributed by atoms with van der Waals surface area (Å²) in [5.41, 5.74) is 3.54. The lowest BCUT2D eigenvalue weighted by molar-refractivity contribution is 0.291. The zero-order chi connectivity index (χ0) is 23.7. The van der Waals surface area contributed by atoms with Crippen LogP contribution in [0.4, 0.5) is 0 Å². The van der Waals surface area contributed by atoms with Crippen LogP contribution in [0.25, 0.3) is 0 Å². The van der Waals surface area contributed by atoms with E-state index in [9.17, 15) is 0 Å².